The minimum atomic E-state index is -1.34. The SMILES string of the molecule is C=CCOc1cc(Cl)c(Cl)cc1C(N[S+]([O-])C(C)(C)C)C1CCN(C(=O)C(C)O)CC1. The van der Waals surface area contributed by atoms with Gasteiger partial charge in [-0.3, -0.25) is 4.79 Å². The van der Waals surface area contributed by atoms with Crippen LogP contribution < -0.4 is 9.46 Å². The largest absolute Gasteiger partial charge is 0.598 e. The molecule has 1 fully saturated rings. The lowest BCUT2D eigenvalue weighted by Gasteiger charge is -2.38. The zero-order valence-electron chi connectivity index (χ0n) is 18.5. The van der Waals surface area contributed by atoms with Gasteiger partial charge in [-0.2, -0.15) is 0 Å². The second-order valence-electron chi connectivity index (χ2n) is 8.72. The second kappa shape index (κ2) is 11.3. The summed E-state index contributed by atoms with van der Waals surface area (Å²) in [7, 11) is 0. The van der Waals surface area contributed by atoms with Crippen LogP contribution in [-0.2, 0) is 16.2 Å². The van der Waals surface area contributed by atoms with E-state index in [1.807, 2.05) is 20.8 Å². The summed E-state index contributed by atoms with van der Waals surface area (Å²) >= 11 is 11.2. The van der Waals surface area contributed by atoms with Crippen LogP contribution in [0.25, 0.3) is 0 Å². The van der Waals surface area contributed by atoms with Crippen LogP contribution in [0.3, 0.4) is 0 Å². The van der Waals surface area contributed by atoms with Crippen molar-refractivity contribution >= 4 is 40.5 Å². The minimum Gasteiger partial charge on any atom is -0.598 e. The molecule has 1 saturated heterocycles. The molecule has 1 heterocycles. The average Bonchev–Trinajstić information content (AvgIpc) is 2.71. The van der Waals surface area contributed by atoms with Gasteiger partial charge in [0.25, 0.3) is 5.91 Å². The fourth-order valence-electron chi connectivity index (χ4n) is 3.48. The van der Waals surface area contributed by atoms with E-state index in [2.05, 4.69) is 11.3 Å². The van der Waals surface area contributed by atoms with Crippen LogP contribution in [-0.4, -0.2) is 51.0 Å². The molecule has 2 rings (SSSR count). The van der Waals surface area contributed by atoms with Crippen molar-refractivity contribution in [1.29, 1.82) is 0 Å². The number of aliphatic hydroxyl groups is 1. The minimum absolute atomic E-state index is 0.0765. The molecule has 1 aliphatic heterocycles. The number of rotatable bonds is 8. The molecular formula is C22H32Cl2N2O4S. The fraction of sp³-hybridized carbons (Fsp3) is 0.591. The van der Waals surface area contributed by atoms with Gasteiger partial charge < -0.3 is 19.3 Å². The lowest BCUT2D eigenvalue weighted by Crippen LogP contribution is -2.48. The Hall–Kier alpha value is -0.960. The molecule has 6 nitrogen and oxygen atoms in total. The third-order valence-electron chi connectivity index (χ3n) is 5.21. The summed E-state index contributed by atoms with van der Waals surface area (Å²) in [4.78, 5) is 13.8. The first kappa shape index (κ1) is 26.3. The second-order valence-corrected chi connectivity index (χ2v) is 11.5. The Labute approximate surface area is 198 Å². The number of likely N-dealkylation sites (tertiary alicyclic amines) is 1. The molecule has 3 unspecified atom stereocenters. The number of hydrogen-bond donors (Lipinski definition) is 2. The highest BCUT2D eigenvalue weighted by Crippen LogP contribution is 2.40. The molecule has 3 atom stereocenters. The molecule has 0 bridgehead atoms. The Morgan fingerprint density at radius 1 is 1.39 bits per heavy atom. The van der Waals surface area contributed by atoms with Crippen LogP contribution in [0.15, 0.2) is 24.8 Å². The van der Waals surface area contributed by atoms with Crippen molar-refractivity contribution in [2.45, 2.75) is 57.4 Å². The highest BCUT2D eigenvalue weighted by molar-refractivity contribution is 7.90. The van der Waals surface area contributed by atoms with Crippen molar-refractivity contribution in [2.24, 2.45) is 5.92 Å². The van der Waals surface area contributed by atoms with E-state index in [0.29, 0.717) is 48.3 Å². The van der Waals surface area contributed by atoms with Gasteiger partial charge in [0.1, 0.15) is 23.2 Å². The van der Waals surface area contributed by atoms with E-state index < -0.39 is 22.2 Å². The van der Waals surface area contributed by atoms with Crippen LogP contribution in [0.4, 0.5) is 0 Å². The van der Waals surface area contributed by atoms with Crippen LogP contribution in [0, 0.1) is 5.92 Å². The van der Waals surface area contributed by atoms with Crippen LogP contribution >= 0.6 is 23.2 Å². The Bertz CT molecular complexity index is 778. The fourth-order valence-corrected chi connectivity index (χ4v) is 4.71. The number of halogens is 2. The maximum atomic E-state index is 13.0. The van der Waals surface area contributed by atoms with Crippen molar-refractivity contribution in [2.75, 3.05) is 19.7 Å². The zero-order valence-corrected chi connectivity index (χ0v) is 20.8. The summed E-state index contributed by atoms with van der Waals surface area (Å²) in [5, 5.41) is 10.4. The van der Waals surface area contributed by atoms with Gasteiger partial charge in [0, 0.05) is 36.1 Å². The summed E-state index contributed by atoms with van der Waals surface area (Å²) < 4.78 is 21.7. The number of carbonyl (C=O) groups is 1. The molecule has 0 aromatic heterocycles. The number of nitrogens with one attached hydrogen (secondary N) is 1. The Kier molecular flexibility index (Phi) is 9.55. The highest BCUT2D eigenvalue weighted by atomic mass is 35.5. The standard InChI is InChI=1S/C22H32Cl2N2O4S/c1-6-11-30-19-13-18(24)17(23)12-16(19)20(25-31(29)22(3,4)5)15-7-9-26(10-8-15)21(28)14(2)27/h6,12-15,20,25,27H,1,7-11H2,2-5H3. The lowest BCUT2D eigenvalue weighted by atomic mass is 9.85. The smallest absolute Gasteiger partial charge is 0.251 e. The van der Waals surface area contributed by atoms with Crippen LogP contribution in [0.1, 0.15) is 52.1 Å². The van der Waals surface area contributed by atoms with Gasteiger partial charge >= 0.3 is 0 Å². The maximum absolute atomic E-state index is 13.0. The van der Waals surface area contributed by atoms with E-state index >= 15 is 0 Å². The molecule has 1 aromatic carbocycles. The quantitative estimate of drug-likeness (QED) is 0.419. The molecular weight excluding hydrogens is 459 g/mol. The summed E-state index contributed by atoms with van der Waals surface area (Å²) in [6.07, 6.45) is 1.98. The molecule has 0 saturated carbocycles. The molecule has 0 aliphatic carbocycles. The van der Waals surface area contributed by atoms with Crippen molar-refractivity contribution in [3.8, 4) is 5.75 Å². The van der Waals surface area contributed by atoms with Gasteiger partial charge in [-0.15, -0.1) is 4.72 Å². The lowest BCUT2D eigenvalue weighted by molar-refractivity contribution is -0.140. The Morgan fingerprint density at radius 2 is 1.97 bits per heavy atom. The Morgan fingerprint density at radius 3 is 2.48 bits per heavy atom. The van der Waals surface area contributed by atoms with Gasteiger partial charge in [-0.05, 0) is 52.5 Å². The molecule has 0 radical (unpaired) electrons. The predicted octanol–water partition coefficient (Wildman–Crippen LogP) is 4.27. The van der Waals surface area contributed by atoms with Gasteiger partial charge in [0.05, 0.1) is 16.1 Å². The summed E-state index contributed by atoms with van der Waals surface area (Å²) in [6, 6.07) is 3.11. The summed E-state index contributed by atoms with van der Waals surface area (Å²) in [5.41, 5.74) is 0.772. The van der Waals surface area contributed by atoms with E-state index in [0.717, 1.165) is 5.56 Å². The Balaban J connectivity index is 2.37. The molecule has 9 heteroatoms. The van der Waals surface area contributed by atoms with Crippen molar-refractivity contribution in [1.82, 2.24) is 9.62 Å². The number of amides is 1. The number of ether oxygens (including phenoxy) is 1. The van der Waals surface area contributed by atoms with E-state index in [1.54, 1.807) is 23.1 Å². The molecule has 1 aromatic rings. The van der Waals surface area contributed by atoms with Crippen molar-refractivity contribution < 1.29 is 19.2 Å². The number of nitrogens with zero attached hydrogens (tertiary/aromatic N) is 1. The number of aliphatic hydroxyl groups excluding tert-OH is 1. The van der Waals surface area contributed by atoms with Gasteiger partial charge in [-0.1, -0.05) is 35.9 Å². The van der Waals surface area contributed by atoms with Crippen molar-refractivity contribution in [3.63, 3.8) is 0 Å². The number of benzene rings is 1. The van der Waals surface area contributed by atoms with Crippen LogP contribution in [0.2, 0.25) is 10.0 Å². The summed E-state index contributed by atoms with van der Waals surface area (Å²) in [5.74, 6) is 0.360. The molecule has 0 spiro atoms. The normalized spacial score (nSPS) is 18.4. The molecule has 31 heavy (non-hydrogen) atoms. The predicted molar refractivity (Wildman–Crippen MR) is 127 cm³/mol. The zero-order chi connectivity index (χ0) is 23.3. The third-order valence-corrected chi connectivity index (χ3v) is 7.52. The molecule has 1 amide bonds. The van der Waals surface area contributed by atoms with Gasteiger partial charge in [0.15, 0.2) is 0 Å². The van der Waals surface area contributed by atoms with Gasteiger partial charge in [-0.25, -0.2) is 0 Å². The number of hydrogen-bond acceptors (Lipinski definition) is 5. The maximum Gasteiger partial charge on any atom is 0.251 e. The molecule has 2 N–H and O–H groups in total. The van der Waals surface area contributed by atoms with Gasteiger partial charge in [0.2, 0.25) is 0 Å². The first-order valence-corrected chi connectivity index (χ1v) is 12.2. The number of piperidine rings is 1. The summed E-state index contributed by atoms with van der Waals surface area (Å²) in [6.45, 7) is 12.2. The monoisotopic (exact) mass is 490 g/mol. The van der Waals surface area contributed by atoms with E-state index in [9.17, 15) is 14.5 Å². The van der Waals surface area contributed by atoms with Crippen LogP contribution in [0.5, 0.6) is 5.75 Å². The van der Waals surface area contributed by atoms with E-state index in [1.165, 1.54) is 6.92 Å². The van der Waals surface area contributed by atoms with E-state index in [-0.39, 0.29) is 17.9 Å². The molecule has 174 valence electrons. The highest BCUT2D eigenvalue weighted by Gasteiger charge is 2.37. The van der Waals surface area contributed by atoms with Crippen molar-refractivity contribution in [3.05, 3.63) is 40.4 Å². The first-order chi connectivity index (χ1) is 14.5. The third kappa shape index (κ3) is 7.01. The van der Waals surface area contributed by atoms with E-state index in [4.69, 9.17) is 27.9 Å². The topological polar surface area (TPSA) is 84.9 Å². The number of carbonyl (C=O) groups excluding carboxylic acids is 1. The average molecular weight is 491 g/mol. The first-order valence-electron chi connectivity index (χ1n) is 10.3. The molecule has 1 aliphatic rings.